The van der Waals surface area contributed by atoms with Crippen molar-refractivity contribution in [2.75, 3.05) is 0 Å². The van der Waals surface area contributed by atoms with Crippen LogP contribution in [0.4, 0.5) is 0 Å². The maximum atomic E-state index is 5.85. The monoisotopic (exact) mass is 170 g/mol. The molecule has 0 aromatic heterocycles. The Hall–Kier alpha value is 0.930. The van der Waals surface area contributed by atoms with Gasteiger partial charge in [-0.25, -0.2) is 0 Å². The van der Waals surface area contributed by atoms with Crippen LogP contribution in [0.2, 0.25) is 0 Å². The van der Waals surface area contributed by atoms with Gasteiger partial charge < -0.3 is 0 Å². The van der Waals surface area contributed by atoms with Crippen LogP contribution in [-0.4, -0.2) is 9.58 Å². The van der Waals surface area contributed by atoms with Crippen molar-refractivity contribution in [3.8, 4) is 0 Å². The van der Waals surface area contributed by atoms with Gasteiger partial charge in [-0.1, -0.05) is 0 Å². The van der Waals surface area contributed by atoms with E-state index in [0.717, 1.165) is 19.3 Å². The second kappa shape index (κ2) is 2.28. The highest BCUT2D eigenvalue weighted by molar-refractivity contribution is 7.83. The van der Waals surface area contributed by atoms with E-state index >= 15 is 0 Å². The summed E-state index contributed by atoms with van der Waals surface area (Å²) in [6.07, 6.45) is 3.06. The Morgan fingerprint density at radius 1 is 1.62 bits per heavy atom. The molecule has 0 heterocycles. The van der Waals surface area contributed by atoms with Crippen LogP contribution in [0.5, 0.6) is 0 Å². The average Bonchev–Trinajstić information content (AvgIpc) is 1.86. The predicted molar refractivity (Wildman–Crippen MR) is 41.1 cm³/mol. The van der Waals surface area contributed by atoms with Crippen molar-refractivity contribution in [3.05, 3.63) is 0 Å². The fraction of sp³-hybridized carbons (Fsp3) is 1.00. The summed E-state index contributed by atoms with van der Waals surface area (Å²) in [6, 6.07) is 0. The van der Waals surface area contributed by atoms with Crippen molar-refractivity contribution >= 4 is 35.8 Å². The lowest BCUT2D eigenvalue weighted by Gasteiger charge is -2.16. The minimum atomic E-state index is -0.415. The van der Waals surface area contributed by atoms with Gasteiger partial charge in [0.15, 0.2) is 0 Å². The molecule has 0 amide bonds. The van der Waals surface area contributed by atoms with Gasteiger partial charge in [0, 0.05) is 0 Å². The van der Waals surface area contributed by atoms with Gasteiger partial charge in [0.2, 0.25) is 0 Å². The zero-order valence-corrected chi connectivity index (χ0v) is 6.81. The molecule has 1 fully saturated rings. The van der Waals surface area contributed by atoms with Crippen molar-refractivity contribution < 1.29 is 0 Å². The third-order valence-electron chi connectivity index (χ3n) is 1.46. The first kappa shape index (κ1) is 7.04. The normalized spacial score (nSPS) is 47.6. The Kier molecular flexibility index (Phi) is 2.01. The van der Waals surface area contributed by atoms with E-state index in [-0.39, 0.29) is 5.38 Å². The standard InChI is InChI=1S/C5H8Cl2S/c6-4-2-1-3-5(4,7)8/h4,8H,1-3H2. The topological polar surface area (TPSA) is 0 Å². The fourth-order valence-electron chi connectivity index (χ4n) is 0.907. The van der Waals surface area contributed by atoms with Gasteiger partial charge in [-0.3, -0.25) is 0 Å². The van der Waals surface area contributed by atoms with Gasteiger partial charge in [0.1, 0.15) is 4.21 Å². The number of hydrogen-bond donors (Lipinski definition) is 1. The van der Waals surface area contributed by atoms with Crippen molar-refractivity contribution in [1.82, 2.24) is 0 Å². The van der Waals surface area contributed by atoms with Crippen LogP contribution in [0.1, 0.15) is 19.3 Å². The third-order valence-corrected chi connectivity index (χ3v) is 3.31. The molecular weight excluding hydrogens is 163 g/mol. The third kappa shape index (κ3) is 1.26. The van der Waals surface area contributed by atoms with Crippen molar-refractivity contribution in [2.45, 2.75) is 28.8 Å². The summed E-state index contributed by atoms with van der Waals surface area (Å²) in [6.45, 7) is 0. The Labute approximate surface area is 65.0 Å². The second-order valence-electron chi connectivity index (χ2n) is 2.18. The molecule has 48 valence electrons. The van der Waals surface area contributed by atoms with Crippen LogP contribution < -0.4 is 0 Å². The molecule has 1 aliphatic rings. The molecule has 2 atom stereocenters. The summed E-state index contributed by atoms with van der Waals surface area (Å²) >= 11 is 15.8. The highest BCUT2D eigenvalue weighted by Crippen LogP contribution is 2.42. The van der Waals surface area contributed by atoms with E-state index < -0.39 is 4.21 Å². The maximum Gasteiger partial charge on any atom is 0.103 e. The van der Waals surface area contributed by atoms with Crippen LogP contribution in [0, 0.1) is 0 Å². The lowest BCUT2D eigenvalue weighted by molar-refractivity contribution is 0.843. The minimum Gasteiger partial charge on any atom is -0.155 e. The fourth-order valence-corrected chi connectivity index (χ4v) is 1.70. The molecule has 0 N–H and O–H groups in total. The van der Waals surface area contributed by atoms with E-state index in [9.17, 15) is 0 Å². The number of thiol groups is 1. The van der Waals surface area contributed by atoms with E-state index in [0.29, 0.717) is 0 Å². The van der Waals surface area contributed by atoms with Gasteiger partial charge in [-0.2, -0.15) is 12.6 Å². The lowest BCUT2D eigenvalue weighted by atomic mass is 10.3. The Morgan fingerprint density at radius 3 is 2.38 bits per heavy atom. The molecule has 8 heavy (non-hydrogen) atoms. The Morgan fingerprint density at radius 2 is 2.25 bits per heavy atom. The SMILES string of the molecule is SC1(Cl)CCCC1Cl. The van der Waals surface area contributed by atoms with Gasteiger partial charge in [0.25, 0.3) is 0 Å². The first-order chi connectivity index (χ1) is 3.63. The average molecular weight is 171 g/mol. The van der Waals surface area contributed by atoms with Crippen molar-refractivity contribution in [3.63, 3.8) is 0 Å². The van der Waals surface area contributed by atoms with Gasteiger partial charge in [-0.15, -0.1) is 23.2 Å². The van der Waals surface area contributed by atoms with E-state index in [4.69, 9.17) is 23.2 Å². The summed E-state index contributed by atoms with van der Waals surface area (Å²) < 4.78 is -0.415. The smallest absolute Gasteiger partial charge is 0.103 e. The molecule has 1 aliphatic carbocycles. The molecule has 0 nitrogen and oxygen atoms in total. The number of halogens is 2. The molecule has 0 bridgehead atoms. The first-order valence-electron chi connectivity index (χ1n) is 2.68. The second-order valence-corrected chi connectivity index (χ2v) is 4.44. The number of hydrogen-bond acceptors (Lipinski definition) is 1. The van der Waals surface area contributed by atoms with Gasteiger partial charge >= 0.3 is 0 Å². The summed E-state index contributed by atoms with van der Waals surface area (Å²) in [5, 5.41) is 0.0625. The Bertz CT molecular complexity index is 92.4. The lowest BCUT2D eigenvalue weighted by Crippen LogP contribution is -2.18. The number of alkyl halides is 2. The van der Waals surface area contributed by atoms with Gasteiger partial charge in [0.05, 0.1) is 5.38 Å². The zero-order chi connectivity index (χ0) is 6.20. The molecule has 3 heteroatoms. The van der Waals surface area contributed by atoms with Crippen LogP contribution in [0.3, 0.4) is 0 Å². The highest BCUT2D eigenvalue weighted by Gasteiger charge is 2.36. The van der Waals surface area contributed by atoms with E-state index in [1.807, 2.05) is 0 Å². The minimum absolute atomic E-state index is 0.0625. The predicted octanol–water partition coefficient (Wildman–Crippen LogP) is 2.64. The Balaban J connectivity index is 2.54. The maximum absolute atomic E-state index is 5.85. The van der Waals surface area contributed by atoms with Crippen LogP contribution >= 0.6 is 35.8 Å². The van der Waals surface area contributed by atoms with Crippen LogP contribution in [0.15, 0.2) is 0 Å². The van der Waals surface area contributed by atoms with E-state index in [2.05, 4.69) is 12.6 Å². The molecule has 2 unspecified atom stereocenters. The molecule has 0 radical (unpaired) electrons. The molecule has 0 aromatic rings. The molecule has 0 aromatic carbocycles. The summed E-state index contributed by atoms with van der Waals surface area (Å²) in [5.41, 5.74) is 0. The molecule has 0 spiro atoms. The molecule has 1 rings (SSSR count). The quantitative estimate of drug-likeness (QED) is 0.420. The summed E-state index contributed by atoms with van der Waals surface area (Å²) in [7, 11) is 0. The summed E-state index contributed by atoms with van der Waals surface area (Å²) in [4.78, 5) is 0. The van der Waals surface area contributed by atoms with Crippen LogP contribution in [-0.2, 0) is 0 Å². The van der Waals surface area contributed by atoms with Crippen molar-refractivity contribution in [2.24, 2.45) is 0 Å². The van der Waals surface area contributed by atoms with Crippen molar-refractivity contribution in [1.29, 1.82) is 0 Å². The summed E-state index contributed by atoms with van der Waals surface area (Å²) in [5.74, 6) is 0. The molecule has 0 saturated heterocycles. The molecule has 1 saturated carbocycles. The van der Waals surface area contributed by atoms with E-state index in [1.165, 1.54) is 0 Å². The molecule has 0 aliphatic heterocycles. The highest BCUT2D eigenvalue weighted by atomic mass is 35.5. The largest absolute Gasteiger partial charge is 0.155 e. The zero-order valence-electron chi connectivity index (χ0n) is 4.40. The molecular formula is C5H8Cl2S. The first-order valence-corrected chi connectivity index (χ1v) is 3.94. The van der Waals surface area contributed by atoms with Gasteiger partial charge in [-0.05, 0) is 19.3 Å². The van der Waals surface area contributed by atoms with Crippen LogP contribution in [0.25, 0.3) is 0 Å². The van der Waals surface area contributed by atoms with E-state index in [1.54, 1.807) is 0 Å². The number of rotatable bonds is 0.